The molecule has 0 spiro atoms. The molecular weight excluding hydrogens is 243 g/mol. The summed E-state index contributed by atoms with van der Waals surface area (Å²) in [7, 11) is 0. The van der Waals surface area contributed by atoms with Crippen molar-refractivity contribution in [2.45, 2.75) is 6.54 Å². The van der Waals surface area contributed by atoms with E-state index in [-0.39, 0.29) is 12.4 Å². The fourth-order valence-electron chi connectivity index (χ4n) is 1.59. The zero-order valence-electron chi connectivity index (χ0n) is 10.3. The summed E-state index contributed by atoms with van der Waals surface area (Å²) in [6.07, 6.45) is 0. The van der Waals surface area contributed by atoms with E-state index in [1.54, 1.807) is 12.1 Å². The minimum atomic E-state index is -0.246. The van der Waals surface area contributed by atoms with Gasteiger partial charge in [-0.3, -0.25) is 0 Å². The molecule has 0 aliphatic rings. The predicted octanol–water partition coefficient (Wildman–Crippen LogP) is 3.34. The van der Waals surface area contributed by atoms with Gasteiger partial charge in [0.25, 0.3) is 0 Å². The van der Waals surface area contributed by atoms with Crippen LogP contribution in [0.25, 0.3) is 0 Å². The number of hydrogen-bond acceptors (Lipinski definition) is 3. The van der Waals surface area contributed by atoms with E-state index in [1.165, 1.54) is 12.1 Å². The number of benzene rings is 2. The quantitative estimate of drug-likeness (QED) is 0.892. The number of halogens is 1. The Hall–Kier alpha value is -2.54. The number of rotatable bonds is 5. The van der Waals surface area contributed by atoms with Crippen molar-refractivity contribution in [2.75, 3.05) is 11.9 Å². The standard InChI is InChI=1S/C15H13FN2O/c16-13-3-5-14(6-4-13)18-11-12-1-7-15(8-2-12)19-10-9-17/h1-8,18H,10-11H2. The Kier molecular flexibility index (Phi) is 4.35. The molecule has 0 aromatic heterocycles. The Balaban J connectivity index is 1.89. The molecule has 2 aromatic carbocycles. The van der Waals surface area contributed by atoms with Crippen LogP contribution >= 0.6 is 0 Å². The van der Waals surface area contributed by atoms with Gasteiger partial charge in [0.05, 0.1) is 0 Å². The summed E-state index contributed by atoms with van der Waals surface area (Å²) in [6.45, 7) is 0.692. The fourth-order valence-corrected chi connectivity index (χ4v) is 1.59. The van der Waals surface area contributed by atoms with E-state index < -0.39 is 0 Å². The van der Waals surface area contributed by atoms with Gasteiger partial charge >= 0.3 is 0 Å². The summed E-state index contributed by atoms with van der Waals surface area (Å²) in [6, 6.07) is 15.6. The maximum atomic E-state index is 12.7. The van der Waals surface area contributed by atoms with Crippen molar-refractivity contribution in [3.8, 4) is 11.8 Å². The first-order valence-corrected chi connectivity index (χ1v) is 5.86. The van der Waals surface area contributed by atoms with Crippen molar-refractivity contribution >= 4 is 5.69 Å². The largest absolute Gasteiger partial charge is 0.479 e. The number of nitrogens with zero attached hydrogens (tertiary/aromatic N) is 1. The van der Waals surface area contributed by atoms with Gasteiger partial charge in [-0.05, 0) is 42.0 Å². The van der Waals surface area contributed by atoms with Crippen LogP contribution in [0.2, 0.25) is 0 Å². The topological polar surface area (TPSA) is 45.0 Å². The maximum absolute atomic E-state index is 12.7. The fraction of sp³-hybridized carbons (Fsp3) is 0.133. The van der Waals surface area contributed by atoms with Crippen molar-refractivity contribution in [3.63, 3.8) is 0 Å². The van der Waals surface area contributed by atoms with Crippen LogP contribution in [0.1, 0.15) is 5.56 Å². The zero-order valence-corrected chi connectivity index (χ0v) is 10.3. The van der Waals surface area contributed by atoms with E-state index in [9.17, 15) is 4.39 Å². The summed E-state index contributed by atoms with van der Waals surface area (Å²) in [5, 5.41) is 11.6. The van der Waals surface area contributed by atoms with Crippen LogP contribution in [0.15, 0.2) is 48.5 Å². The molecule has 2 rings (SSSR count). The first kappa shape index (κ1) is 12.9. The van der Waals surface area contributed by atoms with Crippen LogP contribution in [0.4, 0.5) is 10.1 Å². The van der Waals surface area contributed by atoms with Crippen molar-refractivity contribution in [1.82, 2.24) is 0 Å². The molecule has 19 heavy (non-hydrogen) atoms. The van der Waals surface area contributed by atoms with Gasteiger partial charge in [-0.25, -0.2) is 4.39 Å². The lowest BCUT2D eigenvalue weighted by molar-refractivity contribution is 0.368. The highest BCUT2D eigenvalue weighted by Crippen LogP contribution is 2.14. The van der Waals surface area contributed by atoms with E-state index in [0.29, 0.717) is 12.3 Å². The average molecular weight is 256 g/mol. The summed E-state index contributed by atoms with van der Waals surface area (Å²) < 4.78 is 17.9. The number of hydrogen-bond donors (Lipinski definition) is 1. The highest BCUT2D eigenvalue weighted by atomic mass is 19.1. The van der Waals surface area contributed by atoms with E-state index in [4.69, 9.17) is 10.00 Å². The third kappa shape index (κ3) is 4.00. The molecule has 0 fully saturated rings. The molecule has 0 saturated heterocycles. The summed E-state index contributed by atoms with van der Waals surface area (Å²) in [4.78, 5) is 0. The van der Waals surface area contributed by atoms with Crippen LogP contribution in [-0.2, 0) is 6.54 Å². The van der Waals surface area contributed by atoms with Gasteiger partial charge in [0.2, 0.25) is 0 Å². The number of nitrogens with one attached hydrogen (secondary N) is 1. The highest BCUT2D eigenvalue weighted by Gasteiger charge is 1.97. The first-order valence-electron chi connectivity index (χ1n) is 5.86. The normalized spacial score (nSPS) is 9.68. The van der Waals surface area contributed by atoms with Crippen LogP contribution in [0.5, 0.6) is 5.75 Å². The Labute approximate surface area is 111 Å². The van der Waals surface area contributed by atoms with Crippen LogP contribution in [0, 0.1) is 17.1 Å². The monoisotopic (exact) mass is 256 g/mol. The second-order valence-electron chi connectivity index (χ2n) is 3.95. The lowest BCUT2D eigenvalue weighted by atomic mass is 10.2. The van der Waals surface area contributed by atoms with Crippen LogP contribution in [-0.4, -0.2) is 6.61 Å². The van der Waals surface area contributed by atoms with Crippen molar-refractivity contribution < 1.29 is 9.13 Å². The molecular formula is C15H13FN2O. The lowest BCUT2D eigenvalue weighted by Gasteiger charge is -2.07. The van der Waals surface area contributed by atoms with Gasteiger partial charge in [0.15, 0.2) is 6.61 Å². The van der Waals surface area contributed by atoms with Gasteiger partial charge in [-0.1, -0.05) is 12.1 Å². The van der Waals surface area contributed by atoms with E-state index in [1.807, 2.05) is 30.3 Å². The highest BCUT2D eigenvalue weighted by molar-refractivity contribution is 5.43. The van der Waals surface area contributed by atoms with Gasteiger partial charge in [0, 0.05) is 12.2 Å². The molecule has 0 radical (unpaired) electrons. The second kappa shape index (κ2) is 6.41. The van der Waals surface area contributed by atoms with E-state index in [2.05, 4.69) is 5.32 Å². The van der Waals surface area contributed by atoms with Crippen molar-refractivity contribution in [2.24, 2.45) is 0 Å². The van der Waals surface area contributed by atoms with Crippen molar-refractivity contribution in [1.29, 1.82) is 5.26 Å². The molecule has 0 atom stereocenters. The molecule has 3 nitrogen and oxygen atoms in total. The average Bonchev–Trinajstić information content (AvgIpc) is 2.46. The molecule has 0 saturated carbocycles. The van der Waals surface area contributed by atoms with Gasteiger partial charge in [-0.15, -0.1) is 0 Å². The second-order valence-corrected chi connectivity index (χ2v) is 3.95. The van der Waals surface area contributed by atoms with Crippen molar-refractivity contribution in [3.05, 3.63) is 59.9 Å². The Morgan fingerprint density at radius 3 is 2.37 bits per heavy atom. The Morgan fingerprint density at radius 2 is 1.74 bits per heavy atom. The van der Waals surface area contributed by atoms with E-state index in [0.717, 1.165) is 11.3 Å². The SMILES string of the molecule is N#CCOc1ccc(CNc2ccc(F)cc2)cc1. The molecule has 0 unspecified atom stereocenters. The molecule has 0 amide bonds. The summed E-state index contributed by atoms with van der Waals surface area (Å²) in [5.41, 5.74) is 1.94. The summed E-state index contributed by atoms with van der Waals surface area (Å²) in [5.74, 6) is 0.427. The van der Waals surface area contributed by atoms with E-state index >= 15 is 0 Å². The van der Waals surface area contributed by atoms with Gasteiger partial charge in [0.1, 0.15) is 17.6 Å². The van der Waals surface area contributed by atoms with Crippen LogP contribution in [0.3, 0.4) is 0 Å². The van der Waals surface area contributed by atoms with Gasteiger partial charge < -0.3 is 10.1 Å². The molecule has 0 aliphatic carbocycles. The molecule has 1 N–H and O–H groups in total. The molecule has 0 heterocycles. The first-order chi connectivity index (χ1) is 9.28. The smallest absolute Gasteiger partial charge is 0.174 e. The Bertz CT molecular complexity index is 558. The molecule has 2 aromatic rings. The third-order valence-corrected chi connectivity index (χ3v) is 2.57. The lowest BCUT2D eigenvalue weighted by Crippen LogP contribution is -1.99. The number of nitriles is 1. The minimum absolute atomic E-state index is 0.0488. The zero-order chi connectivity index (χ0) is 13.5. The molecule has 0 bridgehead atoms. The van der Waals surface area contributed by atoms with Gasteiger partial charge in [-0.2, -0.15) is 5.26 Å². The molecule has 96 valence electrons. The molecule has 0 aliphatic heterocycles. The van der Waals surface area contributed by atoms with Crippen LogP contribution < -0.4 is 10.1 Å². The predicted molar refractivity (Wildman–Crippen MR) is 71.3 cm³/mol. The number of ether oxygens (including phenoxy) is 1. The number of anilines is 1. The third-order valence-electron chi connectivity index (χ3n) is 2.57. The molecule has 4 heteroatoms. The minimum Gasteiger partial charge on any atom is -0.479 e. The Morgan fingerprint density at radius 1 is 1.05 bits per heavy atom. The summed E-state index contributed by atoms with van der Waals surface area (Å²) >= 11 is 0. The maximum Gasteiger partial charge on any atom is 0.174 e.